The monoisotopic (exact) mass is 799 g/mol. The zero-order valence-corrected chi connectivity index (χ0v) is 31.9. The number of aliphatic imine (C=N–C) groups is 4. The molecule has 56 heavy (non-hydrogen) atoms. The number of nitrogens with two attached hydrogens (primary N) is 8. The van der Waals surface area contributed by atoms with Gasteiger partial charge in [-0.15, -0.1) is 0 Å². The van der Waals surface area contributed by atoms with Gasteiger partial charge in [0, 0.05) is 26.2 Å². The standard InChI is InChI=1S/C31H62N18O7/c1-2-40-22(17-51)27(56)49-21(10-6-14-45-31(38)39)26(55)48-20(9-5-13-44-30(36)37)25(54)47-19(8-4-12-43-29(34)35)24(53)46-18(23(52)41-15-16-50)7-3-11-42-28(32)33/h16,18-22,40,51H,2-15,17H2,1H3,(H,41,52)(H,46,53)(H,47,54)(H,48,55)(H,49,56)(H4,32,33,42)(H4,34,35,43)(H4,36,37,44)(H4,38,39,45)/t18?,19-,20?,21-,22?/m0/s1. The first-order chi connectivity index (χ1) is 26.6. The normalized spacial score (nSPS) is 13.2. The van der Waals surface area contributed by atoms with Gasteiger partial charge < -0.3 is 87.7 Å². The van der Waals surface area contributed by atoms with Crippen LogP contribution >= 0.6 is 0 Å². The van der Waals surface area contributed by atoms with Gasteiger partial charge in [-0.25, -0.2) is 0 Å². The Morgan fingerprint density at radius 1 is 0.518 bits per heavy atom. The van der Waals surface area contributed by atoms with Crippen molar-refractivity contribution < 1.29 is 33.9 Å². The van der Waals surface area contributed by atoms with E-state index < -0.39 is 66.4 Å². The molecule has 0 aromatic heterocycles. The highest BCUT2D eigenvalue weighted by molar-refractivity contribution is 5.96. The molecule has 0 aromatic rings. The van der Waals surface area contributed by atoms with E-state index in [9.17, 15) is 33.9 Å². The maximum absolute atomic E-state index is 13.9. The van der Waals surface area contributed by atoms with Gasteiger partial charge in [0.15, 0.2) is 23.8 Å². The minimum Gasteiger partial charge on any atom is -0.394 e. The maximum atomic E-state index is 13.9. The minimum atomic E-state index is -1.30. The minimum absolute atomic E-state index is 0.0177. The molecule has 25 heteroatoms. The van der Waals surface area contributed by atoms with Crippen molar-refractivity contribution in [2.24, 2.45) is 65.8 Å². The molecule has 0 heterocycles. The van der Waals surface area contributed by atoms with E-state index in [0.717, 1.165) is 0 Å². The van der Waals surface area contributed by atoms with Crippen molar-refractivity contribution in [3.63, 3.8) is 0 Å². The molecule has 0 bridgehead atoms. The van der Waals surface area contributed by atoms with Gasteiger partial charge >= 0.3 is 0 Å². The van der Waals surface area contributed by atoms with Crippen molar-refractivity contribution >= 4 is 59.7 Å². The maximum Gasteiger partial charge on any atom is 0.243 e. The first-order valence-corrected chi connectivity index (χ1v) is 18.0. The fraction of sp³-hybridized carbons (Fsp3) is 0.677. The van der Waals surface area contributed by atoms with E-state index in [2.05, 4.69) is 51.9 Å². The van der Waals surface area contributed by atoms with Crippen LogP contribution in [0.1, 0.15) is 58.3 Å². The van der Waals surface area contributed by atoms with Crippen LogP contribution in [0.25, 0.3) is 0 Å². The quantitative estimate of drug-likeness (QED) is 0.0139. The molecule has 23 N–H and O–H groups in total. The van der Waals surface area contributed by atoms with E-state index in [0.29, 0.717) is 12.8 Å². The number of nitrogens with zero attached hydrogens (tertiary/aromatic N) is 4. The second kappa shape index (κ2) is 29.4. The van der Waals surface area contributed by atoms with Gasteiger partial charge in [-0.3, -0.25) is 43.9 Å². The summed E-state index contributed by atoms with van der Waals surface area (Å²) in [6.07, 6.45) is 1.43. The Balaban J connectivity index is 6.52. The van der Waals surface area contributed by atoms with Crippen LogP contribution in [-0.4, -0.2) is 141 Å². The van der Waals surface area contributed by atoms with Crippen LogP contribution < -0.4 is 77.8 Å². The average Bonchev–Trinajstić information content (AvgIpc) is 3.13. The third-order valence-corrected chi connectivity index (χ3v) is 7.62. The summed E-state index contributed by atoms with van der Waals surface area (Å²) in [6.45, 7) is 1.65. The van der Waals surface area contributed by atoms with Crippen molar-refractivity contribution in [2.45, 2.75) is 88.5 Å². The molecule has 25 nitrogen and oxygen atoms in total. The molecule has 0 aliphatic rings. The third kappa shape index (κ3) is 23.6. The highest BCUT2D eigenvalue weighted by Crippen LogP contribution is 2.08. The molecule has 0 aromatic carbocycles. The van der Waals surface area contributed by atoms with E-state index in [1.54, 1.807) is 6.92 Å². The Morgan fingerprint density at radius 2 is 0.804 bits per heavy atom. The number of hydrogen-bond acceptors (Lipinski definition) is 12. The molecule has 0 spiro atoms. The lowest BCUT2D eigenvalue weighted by molar-refractivity contribution is -0.135. The molecule has 318 valence electrons. The van der Waals surface area contributed by atoms with E-state index >= 15 is 0 Å². The molecule has 0 saturated carbocycles. The number of likely N-dealkylation sites (N-methyl/N-ethyl adjacent to an activating group) is 1. The molecular formula is C31H62N18O7. The Kier molecular flexibility index (Phi) is 26.2. The topological polar surface area (TPSA) is 452 Å². The lowest BCUT2D eigenvalue weighted by Gasteiger charge is -2.27. The van der Waals surface area contributed by atoms with Crippen LogP contribution in [0.4, 0.5) is 0 Å². The Hall–Kier alpha value is -5.98. The highest BCUT2D eigenvalue weighted by Gasteiger charge is 2.32. The second-order valence-corrected chi connectivity index (χ2v) is 12.2. The number of nitrogens with one attached hydrogen (secondary N) is 6. The van der Waals surface area contributed by atoms with Crippen molar-refractivity contribution in [2.75, 3.05) is 45.9 Å². The first kappa shape index (κ1) is 50.0. The lowest BCUT2D eigenvalue weighted by Crippen LogP contribution is -2.59. The van der Waals surface area contributed by atoms with Crippen LogP contribution in [0.15, 0.2) is 20.0 Å². The summed E-state index contributed by atoms with van der Waals surface area (Å²) in [6, 6.07) is -5.97. The Morgan fingerprint density at radius 3 is 1.05 bits per heavy atom. The average molecular weight is 799 g/mol. The molecule has 5 amide bonds. The van der Waals surface area contributed by atoms with Crippen LogP contribution in [0.3, 0.4) is 0 Å². The van der Waals surface area contributed by atoms with E-state index in [1.807, 2.05) is 0 Å². The van der Waals surface area contributed by atoms with Gasteiger partial charge in [0.25, 0.3) is 0 Å². The number of amides is 5. The molecule has 0 radical (unpaired) electrons. The number of aliphatic hydroxyl groups excluding tert-OH is 1. The zero-order valence-electron chi connectivity index (χ0n) is 31.9. The molecule has 0 aliphatic heterocycles. The SMILES string of the molecule is CCNC(CO)C(=O)N[C@@H](CCCN=C(N)N)C(=O)NC(CCCN=C(N)N)C(=O)N[C@@H](CCCN=C(N)N)C(=O)NC(CCCN=C(N)N)C(=O)NCC=O. The highest BCUT2D eigenvalue weighted by atomic mass is 16.3. The Bertz CT molecular complexity index is 1360. The Labute approximate surface area is 325 Å². The van der Waals surface area contributed by atoms with Gasteiger partial charge in [0.1, 0.15) is 36.5 Å². The van der Waals surface area contributed by atoms with Gasteiger partial charge in [0.2, 0.25) is 29.5 Å². The summed E-state index contributed by atoms with van der Waals surface area (Å²) in [5.74, 6) is -4.40. The largest absolute Gasteiger partial charge is 0.394 e. The van der Waals surface area contributed by atoms with Crippen LogP contribution in [0, 0.1) is 0 Å². The molecular weight excluding hydrogens is 736 g/mol. The summed E-state index contributed by atoms with van der Waals surface area (Å²) in [5, 5.41) is 25.4. The van der Waals surface area contributed by atoms with Crippen LogP contribution in [-0.2, 0) is 28.8 Å². The number of hydrogen-bond donors (Lipinski definition) is 15. The predicted octanol–water partition coefficient (Wildman–Crippen LogP) is -7.57. The number of aldehydes is 1. The number of aliphatic hydroxyl groups is 1. The summed E-state index contributed by atoms with van der Waals surface area (Å²) in [5.41, 5.74) is 43.3. The van der Waals surface area contributed by atoms with Crippen molar-refractivity contribution in [1.82, 2.24) is 31.9 Å². The summed E-state index contributed by atoms with van der Waals surface area (Å²) in [4.78, 5) is 93.8. The van der Waals surface area contributed by atoms with Crippen LogP contribution in [0.5, 0.6) is 0 Å². The molecule has 0 saturated heterocycles. The lowest BCUT2D eigenvalue weighted by atomic mass is 10.0. The van der Waals surface area contributed by atoms with Crippen molar-refractivity contribution in [1.29, 1.82) is 0 Å². The fourth-order valence-corrected chi connectivity index (χ4v) is 4.93. The van der Waals surface area contributed by atoms with Gasteiger partial charge in [-0.05, 0) is 57.9 Å². The van der Waals surface area contributed by atoms with Gasteiger partial charge in [0.05, 0.1) is 13.2 Å². The van der Waals surface area contributed by atoms with E-state index in [4.69, 9.17) is 45.9 Å². The van der Waals surface area contributed by atoms with Crippen LogP contribution in [0.2, 0.25) is 0 Å². The molecule has 3 unspecified atom stereocenters. The van der Waals surface area contributed by atoms with Gasteiger partial charge in [-0.1, -0.05) is 6.92 Å². The summed E-state index contributed by atoms with van der Waals surface area (Å²) < 4.78 is 0. The smallest absolute Gasteiger partial charge is 0.243 e. The summed E-state index contributed by atoms with van der Waals surface area (Å²) >= 11 is 0. The fourth-order valence-electron chi connectivity index (χ4n) is 4.93. The summed E-state index contributed by atoms with van der Waals surface area (Å²) in [7, 11) is 0. The predicted molar refractivity (Wildman–Crippen MR) is 211 cm³/mol. The van der Waals surface area contributed by atoms with Crippen molar-refractivity contribution in [3.8, 4) is 0 Å². The van der Waals surface area contributed by atoms with E-state index in [1.165, 1.54) is 0 Å². The number of rotatable bonds is 30. The number of guanidine groups is 4. The number of carbonyl (C=O) groups excluding carboxylic acids is 6. The third-order valence-electron chi connectivity index (χ3n) is 7.62. The zero-order chi connectivity index (χ0) is 42.5. The van der Waals surface area contributed by atoms with E-state index in [-0.39, 0.29) is 108 Å². The molecule has 0 rings (SSSR count). The molecule has 5 atom stereocenters. The van der Waals surface area contributed by atoms with Gasteiger partial charge in [-0.2, -0.15) is 0 Å². The molecule has 0 aliphatic carbocycles. The molecule has 0 fully saturated rings. The first-order valence-electron chi connectivity index (χ1n) is 18.0. The van der Waals surface area contributed by atoms with Crippen molar-refractivity contribution in [3.05, 3.63) is 0 Å². The second-order valence-electron chi connectivity index (χ2n) is 12.2. The number of carbonyl (C=O) groups is 6.